The molecule has 2 atom stereocenters. The smallest absolute Gasteiger partial charge is 0.246 e. The first-order valence-corrected chi connectivity index (χ1v) is 10.4. The Morgan fingerprint density at radius 1 is 0.848 bits per heavy atom. The van der Waals surface area contributed by atoms with Gasteiger partial charge in [0.05, 0.1) is 0 Å². The van der Waals surface area contributed by atoms with Gasteiger partial charge in [0.15, 0.2) is 23.0 Å². The number of phenolic OH excluding ortho intramolecular Hbond substituents is 4. The molecule has 1 aliphatic carbocycles. The van der Waals surface area contributed by atoms with Crippen LogP contribution in [0.5, 0.6) is 23.0 Å². The predicted molar refractivity (Wildman–Crippen MR) is 121 cm³/mol. The van der Waals surface area contributed by atoms with Gasteiger partial charge in [-0.1, -0.05) is 12.1 Å². The maximum absolute atomic E-state index is 12.3. The molecule has 2 unspecified atom stereocenters. The molecule has 1 fully saturated rings. The average molecular weight is 454 g/mol. The van der Waals surface area contributed by atoms with E-state index in [0.29, 0.717) is 30.4 Å². The van der Waals surface area contributed by atoms with E-state index >= 15 is 0 Å². The van der Waals surface area contributed by atoms with E-state index in [9.17, 15) is 35.1 Å². The van der Waals surface area contributed by atoms with Crippen molar-refractivity contribution >= 4 is 24.0 Å². The van der Waals surface area contributed by atoms with Crippen LogP contribution in [0.4, 0.5) is 0 Å². The lowest BCUT2D eigenvalue weighted by atomic mass is 9.87. The zero-order chi connectivity index (χ0) is 24.0. The van der Waals surface area contributed by atoms with Gasteiger partial charge in [-0.3, -0.25) is 9.59 Å². The summed E-state index contributed by atoms with van der Waals surface area (Å²) in [4.78, 5) is 24.5. The lowest BCUT2D eigenvalue weighted by Crippen LogP contribution is -2.54. The van der Waals surface area contributed by atoms with E-state index in [4.69, 9.17) is 0 Å². The van der Waals surface area contributed by atoms with Crippen molar-refractivity contribution in [2.75, 3.05) is 0 Å². The maximum Gasteiger partial charge on any atom is 0.246 e. The fraction of sp³-hybridized carbons (Fsp3) is 0.250. The molecule has 1 aliphatic rings. The van der Waals surface area contributed by atoms with Crippen LogP contribution in [0, 0.1) is 0 Å². The molecule has 9 heteroatoms. The third-order valence-electron chi connectivity index (χ3n) is 5.28. The Morgan fingerprint density at radius 2 is 1.39 bits per heavy atom. The molecule has 0 bridgehead atoms. The van der Waals surface area contributed by atoms with Gasteiger partial charge in [-0.05, 0) is 66.8 Å². The Bertz CT molecular complexity index is 1100. The standard InChI is InChI=1S/C24H26N2O7/c27-18-7-3-15(12-20(18)29)5-9-22(31)25-17-2-1-11-24(33,14-17)26-23(32)10-6-16-4-8-19(28)21(30)13-16/h3-10,12-13,17,27-30,33H,1-2,11,14H2,(H,25,31)(H,26,32). The summed E-state index contributed by atoms with van der Waals surface area (Å²) in [6.07, 6.45) is 7.11. The van der Waals surface area contributed by atoms with Crippen molar-refractivity contribution in [2.45, 2.75) is 37.5 Å². The highest BCUT2D eigenvalue weighted by Gasteiger charge is 2.35. The Hall–Kier alpha value is -3.98. The maximum atomic E-state index is 12.3. The minimum absolute atomic E-state index is 0.131. The fourth-order valence-corrected chi connectivity index (χ4v) is 3.64. The lowest BCUT2D eigenvalue weighted by molar-refractivity contribution is -0.127. The molecule has 0 aromatic heterocycles. The van der Waals surface area contributed by atoms with Gasteiger partial charge in [0.1, 0.15) is 5.72 Å². The molecule has 7 N–H and O–H groups in total. The number of phenols is 4. The number of aliphatic hydroxyl groups is 1. The molecular formula is C24H26N2O7. The van der Waals surface area contributed by atoms with Crippen molar-refractivity contribution in [1.82, 2.24) is 10.6 Å². The molecule has 2 amide bonds. The number of amides is 2. The second-order valence-electron chi connectivity index (χ2n) is 7.99. The van der Waals surface area contributed by atoms with Gasteiger partial charge in [-0.25, -0.2) is 0 Å². The summed E-state index contributed by atoms with van der Waals surface area (Å²) < 4.78 is 0. The van der Waals surface area contributed by atoms with Crippen molar-refractivity contribution in [3.63, 3.8) is 0 Å². The fourth-order valence-electron chi connectivity index (χ4n) is 3.64. The quantitative estimate of drug-likeness (QED) is 0.200. The van der Waals surface area contributed by atoms with Crippen LogP contribution in [0.25, 0.3) is 12.2 Å². The molecule has 0 heterocycles. The summed E-state index contributed by atoms with van der Waals surface area (Å²) >= 11 is 0. The van der Waals surface area contributed by atoms with Crippen molar-refractivity contribution in [3.8, 4) is 23.0 Å². The largest absolute Gasteiger partial charge is 0.504 e. The van der Waals surface area contributed by atoms with Crippen molar-refractivity contribution in [2.24, 2.45) is 0 Å². The highest BCUT2D eigenvalue weighted by Crippen LogP contribution is 2.28. The topological polar surface area (TPSA) is 159 Å². The van der Waals surface area contributed by atoms with Crippen LogP contribution in [0.15, 0.2) is 48.6 Å². The molecule has 0 saturated heterocycles. The van der Waals surface area contributed by atoms with E-state index in [1.54, 1.807) is 6.07 Å². The highest BCUT2D eigenvalue weighted by molar-refractivity contribution is 5.93. The minimum atomic E-state index is -1.48. The Balaban J connectivity index is 1.54. The van der Waals surface area contributed by atoms with Gasteiger partial charge < -0.3 is 36.2 Å². The summed E-state index contributed by atoms with van der Waals surface area (Å²) in [7, 11) is 0. The van der Waals surface area contributed by atoms with Crippen LogP contribution in [0.3, 0.4) is 0 Å². The minimum Gasteiger partial charge on any atom is -0.504 e. The first-order chi connectivity index (χ1) is 15.6. The molecule has 2 aromatic rings. The normalized spacial score (nSPS) is 20.7. The van der Waals surface area contributed by atoms with Crippen molar-refractivity contribution in [1.29, 1.82) is 0 Å². The third kappa shape index (κ3) is 6.75. The molecule has 1 saturated carbocycles. The van der Waals surface area contributed by atoms with Crippen LogP contribution < -0.4 is 10.6 Å². The number of hydrogen-bond acceptors (Lipinski definition) is 7. The molecule has 174 valence electrons. The SMILES string of the molecule is O=C(C=Cc1ccc(O)c(O)c1)NC1CCCC(O)(NC(=O)C=Cc2ccc(O)c(O)c2)C1. The molecule has 3 rings (SSSR count). The van der Waals surface area contributed by atoms with Gasteiger partial charge in [-0.2, -0.15) is 0 Å². The van der Waals surface area contributed by atoms with Crippen LogP contribution in [0.1, 0.15) is 36.8 Å². The number of nitrogens with one attached hydrogen (secondary N) is 2. The van der Waals surface area contributed by atoms with E-state index in [1.165, 1.54) is 54.6 Å². The van der Waals surface area contributed by atoms with Crippen molar-refractivity contribution < 1.29 is 35.1 Å². The zero-order valence-electron chi connectivity index (χ0n) is 17.7. The van der Waals surface area contributed by atoms with E-state index in [2.05, 4.69) is 10.6 Å². The van der Waals surface area contributed by atoms with Crippen LogP contribution in [-0.4, -0.2) is 49.1 Å². The Morgan fingerprint density at radius 3 is 1.94 bits per heavy atom. The summed E-state index contributed by atoms with van der Waals surface area (Å²) in [6.45, 7) is 0. The molecule has 9 nitrogen and oxygen atoms in total. The van der Waals surface area contributed by atoms with E-state index < -0.39 is 17.5 Å². The van der Waals surface area contributed by atoms with Gasteiger partial charge in [0.2, 0.25) is 11.8 Å². The van der Waals surface area contributed by atoms with Crippen LogP contribution in [0.2, 0.25) is 0 Å². The number of carbonyl (C=O) groups is 2. The molecule has 0 radical (unpaired) electrons. The summed E-state index contributed by atoms with van der Waals surface area (Å²) in [5.74, 6) is -2.05. The van der Waals surface area contributed by atoms with Gasteiger partial charge in [0.25, 0.3) is 0 Å². The lowest BCUT2D eigenvalue weighted by Gasteiger charge is -2.37. The molecule has 0 aliphatic heterocycles. The van der Waals surface area contributed by atoms with Crippen LogP contribution in [-0.2, 0) is 9.59 Å². The molecule has 33 heavy (non-hydrogen) atoms. The molecular weight excluding hydrogens is 428 g/mol. The summed E-state index contributed by atoms with van der Waals surface area (Å²) in [6, 6.07) is 7.94. The first-order valence-electron chi connectivity index (χ1n) is 10.4. The zero-order valence-corrected chi connectivity index (χ0v) is 17.7. The van der Waals surface area contributed by atoms with Gasteiger partial charge >= 0.3 is 0 Å². The highest BCUT2D eigenvalue weighted by atomic mass is 16.3. The second-order valence-corrected chi connectivity index (χ2v) is 7.99. The summed E-state index contributed by atoms with van der Waals surface area (Å²) in [5, 5.41) is 53.8. The molecule has 2 aromatic carbocycles. The third-order valence-corrected chi connectivity index (χ3v) is 5.28. The van der Waals surface area contributed by atoms with Gasteiger partial charge in [-0.15, -0.1) is 0 Å². The Kier molecular flexibility index (Phi) is 7.24. The Labute approximate surface area is 190 Å². The number of rotatable bonds is 6. The monoisotopic (exact) mass is 454 g/mol. The number of benzene rings is 2. The summed E-state index contributed by atoms with van der Waals surface area (Å²) in [5.41, 5.74) is -0.460. The number of hydrogen-bond donors (Lipinski definition) is 7. The van der Waals surface area contributed by atoms with E-state index in [-0.39, 0.29) is 35.5 Å². The van der Waals surface area contributed by atoms with Crippen molar-refractivity contribution in [3.05, 3.63) is 59.7 Å². The molecule has 0 spiro atoms. The number of carbonyl (C=O) groups excluding carboxylic acids is 2. The average Bonchev–Trinajstić information content (AvgIpc) is 2.75. The number of aromatic hydroxyl groups is 4. The predicted octanol–water partition coefficient (Wildman–Crippen LogP) is 2.10. The van der Waals surface area contributed by atoms with E-state index in [0.717, 1.165) is 0 Å². The first kappa shape index (κ1) is 23.7. The van der Waals surface area contributed by atoms with E-state index in [1.807, 2.05) is 0 Å². The van der Waals surface area contributed by atoms with Gasteiger partial charge in [0, 0.05) is 24.6 Å². The second kappa shape index (κ2) is 10.1. The van der Waals surface area contributed by atoms with Crippen LogP contribution >= 0.6 is 0 Å².